The number of hydrogen-bond donors (Lipinski definition) is 3. The molecule has 0 aliphatic rings. The van der Waals surface area contributed by atoms with Gasteiger partial charge in [-0.15, -0.1) is 0 Å². The molecule has 0 radical (unpaired) electrons. The zero-order valence-electron chi connectivity index (χ0n) is 19.0. The van der Waals surface area contributed by atoms with Gasteiger partial charge in [0.15, 0.2) is 11.6 Å². The van der Waals surface area contributed by atoms with Crippen LogP contribution in [0.4, 0.5) is 23.0 Å². The van der Waals surface area contributed by atoms with Crippen molar-refractivity contribution >= 4 is 61.6 Å². The molecule has 0 saturated carbocycles. The summed E-state index contributed by atoms with van der Waals surface area (Å²) in [5, 5.41) is 6.37. The topological polar surface area (TPSA) is 116 Å². The number of rotatable bonds is 8. The van der Waals surface area contributed by atoms with Crippen molar-refractivity contribution in [3.8, 4) is 0 Å². The Balaban J connectivity index is 1.66. The van der Waals surface area contributed by atoms with Crippen molar-refractivity contribution in [1.82, 2.24) is 14.9 Å². The summed E-state index contributed by atoms with van der Waals surface area (Å²) in [6, 6.07) is 20.0. The Morgan fingerprint density at radius 2 is 1.54 bits per heavy atom. The molecule has 9 nitrogen and oxygen atoms in total. The van der Waals surface area contributed by atoms with Crippen molar-refractivity contribution in [3.05, 3.63) is 77.8 Å². The van der Waals surface area contributed by atoms with Gasteiger partial charge in [0.25, 0.3) is 10.0 Å². The Hall–Kier alpha value is -3.73. The number of amides is 1. The molecule has 3 aromatic carbocycles. The van der Waals surface area contributed by atoms with E-state index in [1.807, 2.05) is 6.07 Å². The summed E-state index contributed by atoms with van der Waals surface area (Å²) >= 11 is 5.97. The molecule has 0 unspecified atom stereocenters. The van der Waals surface area contributed by atoms with E-state index in [-0.39, 0.29) is 29.0 Å². The Kier molecular flexibility index (Phi) is 7.15. The lowest BCUT2D eigenvalue weighted by Gasteiger charge is -2.15. The third-order valence-corrected chi connectivity index (χ3v) is 6.39. The van der Waals surface area contributed by atoms with Gasteiger partial charge >= 0.3 is 0 Å². The molecule has 1 amide bonds. The molecule has 1 heterocycles. The van der Waals surface area contributed by atoms with Gasteiger partial charge in [0.05, 0.1) is 22.5 Å². The first-order valence-corrected chi connectivity index (χ1v) is 12.4. The monoisotopic (exact) mass is 510 g/mol. The van der Waals surface area contributed by atoms with E-state index in [2.05, 4.69) is 25.3 Å². The Bertz CT molecular complexity index is 1480. The molecular formula is C24H23ClN6O3S. The van der Waals surface area contributed by atoms with Crippen molar-refractivity contribution in [2.24, 2.45) is 0 Å². The van der Waals surface area contributed by atoms with Gasteiger partial charge in [-0.1, -0.05) is 29.8 Å². The molecule has 0 spiro atoms. The third kappa shape index (κ3) is 6.24. The number of halogens is 1. The standard InChI is InChI=1S/C24H23ClN6O3S/c1-31(2)15-22(32)26-18-6-5-7-19(14-18)35(33,34)30-24-23(27-17-12-10-16(25)11-13-17)28-20-8-3-4-9-21(20)29-24/h3-14H,15H2,1-2H3,(H,26,32)(H,27,28)(H,29,30). The van der Waals surface area contributed by atoms with Gasteiger partial charge < -0.3 is 15.5 Å². The van der Waals surface area contributed by atoms with E-state index in [9.17, 15) is 13.2 Å². The second kappa shape index (κ2) is 10.3. The number of benzene rings is 3. The van der Waals surface area contributed by atoms with Crippen LogP contribution in [0.2, 0.25) is 5.02 Å². The van der Waals surface area contributed by atoms with Gasteiger partial charge in [-0.25, -0.2) is 18.4 Å². The van der Waals surface area contributed by atoms with Crippen LogP contribution < -0.4 is 15.4 Å². The minimum Gasteiger partial charge on any atom is -0.337 e. The molecule has 0 atom stereocenters. The smallest absolute Gasteiger partial charge is 0.263 e. The summed E-state index contributed by atoms with van der Waals surface area (Å²) in [5.41, 5.74) is 2.14. The third-order valence-electron chi connectivity index (χ3n) is 4.80. The summed E-state index contributed by atoms with van der Waals surface area (Å²) in [5.74, 6) is -0.00177. The number of carbonyl (C=O) groups is 1. The van der Waals surface area contributed by atoms with Gasteiger partial charge in [0.2, 0.25) is 5.91 Å². The molecule has 0 bridgehead atoms. The summed E-state index contributed by atoms with van der Waals surface area (Å²) in [6.07, 6.45) is 0. The minimum absolute atomic E-state index is 0.0284. The molecular weight excluding hydrogens is 488 g/mol. The zero-order chi connectivity index (χ0) is 25.0. The lowest BCUT2D eigenvalue weighted by atomic mass is 10.3. The Morgan fingerprint density at radius 1 is 0.886 bits per heavy atom. The van der Waals surface area contributed by atoms with Crippen molar-refractivity contribution in [3.63, 3.8) is 0 Å². The molecule has 3 N–H and O–H groups in total. The SMILES string of the molecule is CN(C)CC(=O)Nc1cccc(S(=O)(=O)Nc2nc3ccccc3nc2Nc2ccc(Cl)cc2)c1. The quantitative estimate of drug-likeness (QED) is 0.323. The van der Waals surface area contributed by atoms with Crippen LogP contribution in [0.3, 0.4) is 0 Å². The lowest BCUT2D eigenvalue weighted by molar-refractivity contribution is -0.116. The highest BCUT2D eigenvalue weighted by Gasteiger charge is 2.20. The molecule has 0 aliphatic heterocycles. The predicted molar refractivity (Wildman–Crippen MR) is 139 cm³/mol. The number of fused-ring (bicyclic) bond motifs is 1. The van der Waals surface area contributed by atoms with Crippen LogP contribution in [0.1, 0.15) is 0 Å². The largest absolute Gasteiger partial charge is 0.337 e. The van der Waals surface area contributed by atoms with Crippen molar-refractivity contribution in [1.29, 1.82) is 0 Å². The van der Waals surface area contributed by atoms with Crippen molar-refractivity contribution in [2.45, 2.75) is 4.90 Å². The minimum atomic E-state index is -4.06. The van der Waals surface area contributed by atoms with Gasteiger partial charge in [-0.05, 0) is 68.7 Å². The molecule has 180 valence electrons. The van der Waals surface area contributed by atoms with Crippen LogP contribution in [-0.2, 0) is 14.8 Å². The number of hydrogen-bond acceptors (Lipinski definition) is 7. The maximum Gasteiger partial charge on any atom is 0.263 e. The van der Waals surface area contributed by atoms with Crippen LogP contribution in [-0.4, -0.2) is 49.8 Å². The summed E-state index contributed by atoms with van der Waals surface area (Å²) < 4.78 is 29.0. The Labute approximate surface area is 208 Å². The molecule has 4 rings (SSSR count). The van der Waals surface area contributed by atoms with Crippen molar-refractivity contribution < 1.29 is 13.2 Å². The highest BCUT2D eigenvalue weighted by atomic mass is 35.5. The van der Waals surface area contributed by atoms with Crippen LogP contribution in [0.25, 0.3) is 11.0 Å². The normalized spacial score (nSPS) is 11.4. The summed E-state index contributed by atoms with van der Waals surface area (Å²) in [7, 11) is -0.523. The second-order valence-corrected chi connectivity index (χ2v) is 10.1. The molecule has 4 aromatic rings. The average Bonchev–Trinajstić information content (AvgIpc) is 2.80. The summed E-state index contributed by atoms with van der Waals surface area (Å²) in [4.78, 5) is 22.8. The van der Waals surface area contributed by atoms with Gasteiger partial charge in [-0.2, -0.15) is 0 Å². The number of sulfonamides is 1. The molecule has 35 heavy (non-hydrogen) atoms. The number of aromatic nitrogens is 2. The van der Waals surface area contributed by atoms with E-state index in [1.54, 1.807) is 73.6 Å². The van der Waals surface area contributed by atoms with Crippen molar-refractivity contribution in [2.75, 3.05) is 36.0 Å². The van der Waals surface area contributed by atoms with E-state index >= 15 is 0 Å². The van der Waals surface area contributed by atoms with E-state index in [4.69, 9.17) is 11.6 Å². The molecule has 0 aliphatic carbocycles. The van der Waals surface area contributed by atoms with E-state index < -0.39 is 10.0 Å². The number of likely N-dealkylation sites (N-methyl/N-ethyl adjacent to an activating group) is 1. The fourth-order valence-electron chi connectivity index (χ4n) is 3.24. The van der Waals surface area contributed by atoms with E-state index in [0.717, 1.165) is 0 Å². The second-order valence-electron chi connectivity index (χ2n) is 7.96. The van der Waals surface area contributed by atoms with Crippen LogP contribution in [0.5, 0.6) is 0 Å². The van der Waals surface area contributed by atoms with E-state index in [0.29, 0.717) is 27.4 Å². The first-order valence-electron chi connectivity index (χ1n) is 10.6. The van der Waals surface area contributed by atoms with Crippen LogP contribution in [0, 0.1) is 0 Å². The summed E-state index contributed by atoms with van der Waals surface area (Å²) in [6.45, 7) is 0.168. The lowest BCUT2D eigenvalue weighted by Crippen LogP contribution is -2.27. The van der Waals surface area contributed by atoms with Gasteiger partial charge in [-0.3, -0.25) is 9.52 Å². The molecule has 0 saturated heterocycles. The number of para-hydroxylation sites is 2. The fourth-order valence-corrected chi connectivity index (χ4v) is 4.42. The first-order chi connectivity index (χ1) is 16.7. The Morgan fingerprint density at radius 3 is 2.20 bits per heavy atom. The zero-order valence-corrected chi connectivity index (χ0v) is 20.6. The average molecular weight is 511 g/mol. The first kappa shape index (κ1) is 24.4. The van der Waals surface area contributed by atoms with Crippen LogP contribution >= 0.6 is 11.6 Å². The van der Waals surface area contributed by atoms with Gasteiger partial charge in [0.1, 0.15) is 0 Å². The highest BCUT2D eigenvalue weighted by Crippen LogP contribution is 2.28. The predicted octanol–water partition coefficient (Wildman–Crippen LogP) is 4.33. The van der Waals surface area contributed by atoms with E-state index in [1.165, 1.54) is 12.1 Å². The highest BCUT2D eigenvalue weighted by molar-refractivity contribution is 7.92. The molecule has 11 heteroatoms. The number of anilines is 4. The van der Waals surface area contributed by atoms with Gasteiger partial charge in [0, 0.05) is 16.4 Å². The maximum atomic E-state index is 13.3. The number of nitrogens with zero attached hydrogens (tertiary/aromatic N) is 3. The molecule has 0 fully saturated rings. The molecule has 1 aromatic heterocycles. The number of carbonyl (C=O) groups excluding carboxylic acids is 1. The van der Waals surface area contributed by atoms with Crippen LogP contribution in [0.15, 0.2) is 77.7 Å². The number of nitrogens with one attached hydrogen (secondary N) is 3. The maximum absolute atomic E-state index is 13.3. The fraction of sp³-hybridized carbons (Fsp3) is 0.125.